The number of amides is 1. The molecular formula is C18H14FNO3S. The Morgan fingerprint density at radius 1 is 1.17 bits per heavy atom. The van der Waals surface area contributed by atoms with Crippen molar-refractivity contribution in [3.8, 4) is 0 Å². The summed E-state index contributed by atoms with van der Waals surface area (Å²) >= 11 is 0. The van der Waals surface area contributed by atoms with Gasteiger partial charge in [0.15, 0.2) is 0 Å². The minimum absolute atomic E-state index is 0.0144. The molecule has 0 spiro atoms. The fourth-order valence-corrected chi connectivity index (χ4v) is 4.29. The fourth-order valence-electron chi connectivity index (χ4n) is 3.06. The summed E-state index contributed by atoms with van der Waals surface area (Å²) in [5.41, 5.74) is 1.89. The van der Waals surface area contributed by atoms with Crippen LogP contribution in [0.15, 0.2) is 52.8 Å². The molecule has 1 heterocycles. The average molecular weight is 343 g/mol. The molecule has 4 rings (SSSR count). The van der Waals surface area contributed by atoms with Gasteiger partial charge in [-0.25, -0.2) is 12.8 Å². The maximum Gasteiger partial charge on any atom is 0.228 e. The monoisotopic (exact) mass is 343 g/mol. The van der Waals surface area contributed by atoms with Crippen LogP contribution in [0.25, 0.3) is 6.08 Å². The predicted molar refractivity (Wildman–Crippen MR) is 88.5 cm³/mol. The summed E-state index contributed by atoms with van der Waals surface area (Å²) in [6.45, 7) is 0. The van der Waals surface area contributed by atoms with Crippen molar-refractivity contribution in [2.75, 3.05) is 5.32 Å². The number of nitrogens with one attached hydrogen (secondary N) is 1. The number of carbonyl (C=O) groups excluding carboxylic acids is 1. The lowest BCUT2D eigenvalue weighted by Crippen LogP contribution is -2.15. The molecule has 0 aromatic heterocycles. The van der Waals surface area contributed by atoms with E-state index in [-0.39, 0.29) is 28.5 Å². The Bertz CT molecular complexity index is 982. The number of benzene rings is 2. The van der Waals surface area contributed by atoms with E-state index in [2.05, 4.69) is 5.32 Å². The Hall–Kier alpha value is -2.47. The zero-order chi connectivity index (χ0) is 16.9. The van der Waals surface area contributed by atoms with Crippen LogP contribution in [0.5, 0.6) is 0 Å². The van der Waals surface area contributed by atoms with Gasteiger partial charge < -0.3 is 5.32 Å². The zero-order valence-corrected chi connectivity index (χ0v) is 13.4. The van der Waals surface area contributed by atoms with E-state index in [4.69, 9.17) is 0 Å². The SMILES string of the molecule is O=C(Nc1ccc2c(c1)S(=O)(=O)C=C2)[C@H]1C[C@@H]1c1cccc(F)c1. The second-order valence-electron chi connectivity index (χ2n) is 6.09. The van der Waals surface area contributed by atoms with E-state index in [1.807, 2.05) is 6.07 Å². The van der Waals surface area contributed by atoms with Crippen molar-refractivity contribution in [1.82, 2.24) is 0 Å². The van der Waals surface area contributed by atoms with Crippen LogP contribution in [0.1, 0.15) is 23.5 Å². The van der Waals surface area contributed by atoms with E-state index in [1.165, 1.54) is 24.3 Å². The first-order valence-corrected chi connectivity index (χ1v) is 9.12. The predicted octanol–water partition coefficient (Wildman–Crippen LogP) is 3.33. The van der Waals surface area contributed by atoms with Crippen LogP contribution in [0.3, 0.4) is 0 Å². The highest BCUT2D eigenvalue weighted by Gasteiger charge is 2.44. The molecule has 6 heteroatoms. The van der Waals surface area contributed by atoms with Gasteiger partial charge in [0.25, 0.3) is 0 Å². The third-order valence-corrected chi connectivity index (χ3v) is 5.88. The Morgan fingerprint density at radius 3 is 2.79 bits per heavy atom. The summed E-state index contributed by atoms with van der Waals surface area (Å²) in [5, 5.41) is 3.92. The lowest BCUT2D eigenvalue weighted by molar-refractivity contribution is -0.117. The molecule has 2 aromatic carbocycles. The molecule has 122 valence electrons. The molecule has 1 aliphatic carbocycles. The molecule has 4 nitrogen and oxygen atoms in total. The van der Waals surface area contributed by atoms with Crippen LogP contribution in [-0.2, 0) is 14.6 Å². The average Bonchev–Trinajstić information content (AvgIpc) is 3.29. The van der Waals surface area contributed by atoms with Crippen molar-refractivity contribution in [3.05, 3.63) is 64.8 Å². The van der Waals surface area contributed by atoms with Crippen LogP contribution in [0, 0.1) is 11.7 Å². The van der Waals surface area contributed by atoms with Gasteiger partial charge in [-0.1, -0.05) is 18.2 Å². The lowest BCUT2D eigenvalue weighted by Gasteiger charge is -2.07. The Balaban J connectivity index is 1.49. The van der Waals surface area contributed by atoms with Crippen LogP contribution >= 0.6 is 0 Å². The number of hydrogen-bond donors (Lipinski definition) is 1. The third-order valence-electron chi connectivity index (χ3n) is 4.42. The second-order valence-corrected chi connectivity index (χ2v) is 7.90. The van der Waals surface area contributed by atoms with Gasteiger partial charge in [-0.2, -0.15) is 0 Å². The van der Waals surface area contributed by atoms with E-state index in [1.54, 1.807) is 18.2 Å². The first kappa shape index (κ1) is 15.1. The molecule has 2 aliphatic rings. The van der Waals surface area contributed by atoms with Crippen LogP contribution in [0.4, 0.5) is 10.1 Å². The van der Waals surface area contributed by atoms with Gasteiger partial charge in [0, 0.05) is 17.0 Å². The maximum absolute atomic E-state index is 13.3. The molecule has 1 saturated carbocycles. The van der Waals surface area contributed by atoms with E-state index in [0.717, 1.165) is 11.0 Å². The van der Waals surface area contributed by atoms with Crippen molar-refractivity contribution in [2.45, 2.75) is 17.2 Å². The van der Waals surface area contributed by atoms with Crippen LogP contribution in [0.2, 0.25) is 0 Å². The highest BCUT2D eigenvalue weighted by molar-refractivity contribution is 7.94. The molecule has 0 radical (unpaired) electrons. The quantitative estimate of drug-likeness (QED) is 0.930. The molecule has 2 atom stereocenters. The van der Waals surface area contributed by atoms with Gasteiger partial charge in [-0.15, -0.1) is 0 Å². The molecule has 0 saturated heterocycles. The normalized spacial score (nSPS) is 22.9. The van der Waals surface area contributed by atoms with Gasteiger partial charge in [0.1, 0.15) is 5.82 Å². The Kier molecular flexibility index (Phi) is 3.31. The molecule has 0 bridgehead atoms. The smallest absolute Gasteiger partial charge is 0.228 e. The summed E-state index contributed by atoms with van der Waals surface area (Å²) in [6, 6.07) is 11.1. The van der Waals surface area contributed by atoms with Crippen LogP contribution < -0.4 is 5.32 Å². The molecule has 0 unspecified atom stereocenters. The van der Waals surface area contributed by atoms with Crippen molar-refractivity contribution in [1.29, 1.82) is 0 Å². The first-order chi connectivity index (χ1) is 11.4. The first-order valence-electron chi connectivity index (χ1n) is 7.57. The number of hydrogen-bond acceptors (Lipinski definition) is 3. The molecule has 1 amide bonds. The summed E-state index contributed by atoms with van der Waals surface area (Å²) in [6.07, 6.45) is 2.21. The Morgan fingerprint density at radius 2 is 2.00 bits per heavy atom. The molecule has 24 heavy (non-hydrogen) atoms. The highest BCUT2D eigenvalue weighted by atomic mass is 32.2. The summed E-state index contributed by atoms with van der Waals surface area (Å²) in [5.74, 6) is -0.683. The summed E-state index contributed by atoms with van der Waals surface area (Å²) in [7, 11) is -3.40. The molecule has 1 fully saturated rings. The molecule has 2 aromatic rings. The van der Waals surface area contributed by atoms with E-state index < -0.39 is 9.84 Å². The second kappa shape index (κ2) is 5.27. The van der Waals surface area contributed by atoms with E-state index in [9.17, 15) is 17.6 Å². The molecule has 1 aliphatic heterocycles. The van der Waals surface area contributed by atoms with E-state index >= 15 is 0 Å². The largest absolute Gasteiger partial charge is 0.326 e. The van der Waals surface area contributed by atoms with Gasteiger partial charge in [-0.3, -0.25) is 4.79 Å². The number of sulfone groups is 1. The number of rotatable bonds is 3. The van der Waals surface area contributed by atoms with Crippen LogP contribution in [-0.4, -0.2) is 14.3 Å². The molecule has 1 N–H and O–H groups in total. The maximum atomic E-state index is 13.3. The number of carbonyl (C=O) groups is 1. The molecular weight excluding hydrogens is 329 g/mol. The van der Waals surface area contributed by atoms with Gasteiger partial charge in [0.2, 0.25) is 15.7 Å². The Labute approximate surface area is 138 Å². The highest BCUT2D eigenvalue weighted by Crippen LogP contribution is 2.48. The van der Waals surface area contributed by atoms with Gasteiger partial charge in [0.05, 0.1) is 4.90 Å². The minimum Gasteiger partial charge on any atom is -0.326 e. The van der Waals surface area contributed by atoms with Crippen molar-refractivity contribution in [3.63, 3.8) is 0 Å². The topological polar surface area (TPSA) is 63.2 Å². The van der Waals surface area contributed by atoms with Gasteiger partial charge >= 0.3 is 0 Å². The zero-order valence-electron chi connectivity index (χ0n) is 12.6. The minimum atomic E-state index is -3.40. The summed E-state index contributed by atoms with van der Waals surface area (Å²) < 4.78 is 37.0. The van der Waals surface area contributed by atoms with Crippen molar-refractivity contribution in [2.24, 2.45) is 5.92 Å². The van der Waals surface area contributed by atoms with Crippen molar-refractivity contribution < 1.29 is 17.6 Å². The number of halogens is 1. The van der Waals surface area contributed by atoms with Gasteiger partial charge in [-0.05, 0) is 53.8 Å². The summed E-state index contributed by atoms with van der Waals surface area (Å²) in [4.78, 5) is 12.5. The lowest BCUT2D eigenvalue weighted by atomic mass is 10.1. The fraction of sp³-hybridized carbons (Fsp3) is 0.167. The van der Waals surface area contributed by atoms with E-state index in [0.29, 0.717) is 17.7 Å². The third kappa shape index (κ3) is 2.63. The number of anilines is 1. The standard InChI is InChI=1S/C18H14FNO3S/c19-13-3-1-2-12(8-13)15-10-16(15)18(21)20-14-5-4-11-6-7-24(22,23)17(11)9-14/h1-9,15-16H,10H2,(H,20,21)/t15-,16+/m1/s1. The number of fused-ring (bicyclic) bond motifs is 1. The van der Waals surface area contributed by atoms with Crippen molar-refractivity contribution >= 4 is 27.5 Å².